The van der Waals surface area contributed by atoms with E-state index in [1.807, 2.05) is 0 Å². The Kier molecular flexibility index (Phi) is 8.60. The van der Waals surface area contributed by atoms with Gasteiger partial charge in [-0.05, 0) is 55.0 Å². The fourth-order valence-corrected chi connectivity index (χ4v) is 4.18. The van der Waals surface area contributed by atoms with Crippen LogP contribution in [0.2, 0.25) is 0 Å². The van der Waals surface area contributed by atoms with Crippen LogP contribution in [-0.2, 0) is 18.9 Å². The lowest BCUT2D eigenvalue weighted by Crippen LogP contribution is -2.36. The van der Waals surface area contributed by atoms with E-state index in [1.54, 1.807) is 55.6 Å². The Balaban J connectivity index is 1.25. The van der Waals surface area contributed by atoms with Crippen LogP contribution in [0.5, 0.6) is 11.5 Å². The van der Waals surface area contributed by atoms with E-state index in [0.29, 0.717) is 23.5 Å². The molecule has 0 saturated carbocycles. The molecule has 2 aliphatic heterocycles. The van der Waals surface area contributed by atoms with Gasteiger partial charge in [0.1, 0.15) is 23.7 Å². The standard InChI is InChI=1S/C27H32O8/c1-3-4-5-6-15-31-21-13-9-19(10-14-21)27(29)35-23-17-33-24-22(16-32-25(23)24)34-26(28)18-7-11-20(30-2)12-8-18/h7-14,22-25H,3-6,15-17H2,1-2H3/t22-,23+,24?,25?/m1/s1. The van der Waals surface area contributed by atoms with Crippen LogP contribution in [0.1, 0.15) is 53.3 Å². The van der Waals surface area contributed by atoms with Crippen LogP contribution in [-0.4, -0.2) is 63.3 Å². The van der Waals surface area contributed by atoms with E-state index in [9.17, 15) is 9.59 Å². The summed E-state index contributed by atoms with van der Waals surface area (Å²) in [5.41, 5.74) is 0.830. The smallest absolute Gasteiger partial charge is 0.338 e. The summed E-state index contributed by atoms with van der Waals surface area (Å²) >= 11 is 0. The zero-order chi connectivity index (χ0) is 24.6. The third kappa shape index (κ3) is 6.32. The predicted molar refractivity (Wildman–Crippen MR) is 127 cm³/mol. The predicted octanol–water partition coefficient (Wildman–Crippen LogP) is 4.20. The molecule has 2 aliphatic rings. The molecule has 0 N–H and O–H groups in total. The molecule has 2 unspecified atom stereocenters. The SMILES string of the molecule is CCCCCCOc1ccc(C(=O)O[C@H]2COC3C2OC[C@H]3OC(=O)c2ccc(OC)cc2)cc1. The van der Waals surface area contributed by atoms with Crippen LogP contribution < -0.4 is 9.47 Å². The van der Waals surface area contributed by atoms with Crippen LogP contribution in [0.25, 0.3) is 0 Å². The zero-order valence-corrected chi connectivity index (χ0v) is 20.1. The second-order valence-electron chi connectivity index (χ2n) is 8.65. The molecule has 0 radical (unpaired) electrons. The first-order valence-electron chi connectivity index (χ1n) is 12.1. The quantitative estimate of drug-likeness (QED) is 0.346. The number of benzene rings is 2. The van der Waals surface area contributed by atoms with Crippen molar-refractivity contribution < 1.29 is 38.0 Å². The number of carbonyl (C=O) groups excluding carboxylic acids is 2. The summed E-state index contributed by atoms with van der Waals surface area (Å²) in [6.07, 6.45) is 2.42. The molecule has 4 rings (SSSR count). The van der Waals surface area contributed by atoms with Crippen LogP contribution in [0.4, 0.5) is 0 Å². The molecule has 2 heterocycles. The average molecular weight is 485 g/mol. The van der Waals surface area contributed by atoms with Crippen molar-refractivity contribution in [3.63, 3.8) is 0 Å². The number of fused-ring (bicyclic) bond motifs is 1. The Bertz CT molecular complexity index is 972. The first kappa shape index (κ1) is 25.0. The molecule has 8 nitrogen and oxygen atoms in total. The first-order valence-corrected chi connectivity index (χ1v) is 12.1. The average Bonchev–Trinajstić information content (AvgIpc) is 3.47. The number of hydrogen-bond acceptors (Lipinski definition) is 8. The van der Waals surface area contributed by atoms with Crippen LogP contribution in [0.3, 0.4) is 0 Å². The largest absolute Gasteiger partial charge is 0.497 e. The van der Waals surface area contributed by atoms with Crippen molar-refractivity contribution in [2.24, 2.45) is 0 Å². The highest BCUT2D eigenvalue weighted by atomic mass is 16.7. The highest BCUT2D eigenvalue weighted by Gasteiger charge is 2.51. The monoisotopic (exact) mass is 484 g/mol. The Labute approximate surface area is 205 Å². The van der Waals surface area contributed by atoms with Gasteiger partial charge in [-0.25, -0.2) is 9.59 Å². The Morgan fingerprint density at radius 2 is 1.29 bits per heavy atom. The molecule has 4 atom stereocenters. The molecule has 0 amide bonds. The van der Waals surface area contributed by atoms with Gasteiger partial charge >= 0.3 is 11.9 Å². The van der Waals surface area contributed by atoms with Gasteiger partial charge < -0.3 is 28.4 Å². The lowest BCUT2D eigenvalue weighted by molar-refractivity contribution is -0.0287. The van der Waals surface area contributed by atoms with E-state index in [-0.39, 0.29) is 13.2 Å². The molecular formula is C27H32O8. The minimum atomic E-state index is -0.577. The fourth-order valence-electron chi connectivity index (χ4n) is 4.18. The summed E-state index contributed by atoms with van der Waals surface area (Å²) in [4.78, 5) is 25.2. The summed E-state index contributed by atoms with van der Waals surface area (Å²) < 4.78 is 33.7. The highest BCUT2D eigenvalue weighted by molar-refractivity contribution is 5.90. The molecular weight excluding hydrogens is 452 g/mol. The normalized spacial score (nSPS) is 22.9. The van der Waals surface area contributed by atoms with Crippen molar-refractivity contribution in [2.45, 2.75) is 57.0 Å². The van der Waals surface area contributed by atoms with Gasteiger partial charge in [0.25, 0.3) is 0 Å². The van der Waals surface area contributed by atoms with Crippen molar-refractivity contribution in [1.82, 2.24) is 0 Å². The third-order valence-corrected chi connectivity index (χ3v) is 6.16. The molecule has 8 heteroatoms. The zero-order valence-electron chi connectivity index (χ0n) is 20.1. The molecule has 188 valence electrons. The maximum Gasteiger partial charge on any atom is 0.338 e. The number of rotatable bonds is 11. The second-order valence-corrected chi connectivity index (χ2v) is 8.65. The number of unbranched alkanes of at least 4 members (excludes halogenated alkanes) is 3. The number of hydrogen-bond donors (Lipinski definition) is 0. The lowest BCUT2D eigenvalue weighted by Gasteiger charge is -2.17. The van der Waals surface area contributed by atoms with E-state index in [1.165, 1.54) is 12.8 Å². The van der Waals surface area contributed by atoms with E-state index in [2.05, 4.69) is 6.92 Å². The molecule has 2 fully saturated rings. The number of esters is 2. The van der Waals surface area contributed by atoms with E-state index >= 15 is 0 Å². The molecule has 0 spiro atoms. The fraction of sp³-hybridized carbons (Fsp3) is 0.481. The van der Waals surface area contributed by atoms with Crippen molar-refractivity contribution in [3.05, 3.63) is 59.7 Å². The number of ether oxygens (including phenoxy) is 6. The van der Waals surface area contributed by atoms with Gasteiger partial charge in [-0.1, -0.05) is 26.2 Å². The van der Waals surface area contributed by atoms with Crippen LogP contribution in [0, 0.1) is 0 Å². The van der Waals surface area contributed by atoms with Gasteiger partial charge in [-0.3, -0.25) is 0 Å². The van der Waals surface area contributed by atoms with Gasteiger partial charge in [0, 0.05) is 0 Å². The Hall–Kier alpha value is -3.10. The summed E-state index contributed by atoms with van der Waals surface area (Å²) in [6.45, 7) is 3.19. The summed E-state index contributed by atoms with van der Waals surface area (Å²) in [5.74, 6) is 0.441. The van der Waals surface area contributed by atoms with Crippen molar-refractivity contribution >= 4 is 11.9 Å². The maximum absolute atomic E-state index is 12.7. The lowest BCUT2D eigenvalue weighted by atomic mass is 10.1. The van der Waals surface area contributed by atoms with Crippen molar-refractivity contribution in [2.75, 3.05) is 26.9 Å². The van der Waals surface area contributed by atoms with E-state index in [4.69, 9.17) is 28.4 Å². The molecule has 2 saturated heterocycles. The Morgan fingerprint density at radius 3 is 1.77 bits per heavy atom. The van der Waals surface area contributed by atoms with Gasteiger partial charge in [-0.15, -0.1) is 0 Å². The summed E-state index contributed by atoms with van der Waals surface area (Å²) in [5, 5.41) is 0. The molecule has 2 aromatic carbocycles. The summed E-state index contributed by atoms with van der Waals surface area (Å²) in [7, 11) is 1.56. The Morgan fingerprint density at radius 1 is 0.771 bits per heavy atom. The first-order chi connectivity index (χ1) is 17.1. The number of carbonyl (C=O) groups is 2. The van der Waals surface area contributed by atoms with E-state index < -0.39 is 36.4 Å². The molecule has 0 bridgehead atoms. The minimum absolute atomic E-state index is 0.176. The molecule has 2 aromatic rings. The third-order valence-electron chi connectivity index (χ3n) is 6.16. The number of methoxy groups -OCH3 is 1. The van der Waals surface area contributed by atoms with Crippen LogP contribution >= 0.6 is 0 Å². The van der Waals surface area contributed by atoms with Crippen molar-refractivity contribution in [1.29, 1.82) is 0 Å². The molecule has 35 heavy (non-hydrogen) atoms. The second kappa shape index (κ2) is 12.0. The minimum Gasteiger partial charge on any atom is -0.497 e. The van der Waals surface area contributed by atoms with Crippen molar-refractivity contribution in [3.8, 4) is 11.5 Å². The summed E-state index contributed by atoms with van der Waals surface area (Å²) in [6, 6.07) is 13.6. The van der Waals surface area contributed by atoms with Gasteiger partial charge in [0.2, 0.25) is 0 Å². The molecule has 0 aromatic heterocycles. The molecule has 0 aliphatic carbocycles. The topological polar surface area (TPSA) is 89.5 Å². The highest BCUT2D eigenvalue weighted by Crippen LogP contribution is 2.31. The van der Waals surface area contributed by atoms with Crippen LogP contribution in [0.15, 0.2) is 48.5 Å². The van der Waals surface area contributed by atoms with Gasteiger partial charge in [0.15, 0.2) is 12.2 Å². The van der Waals surface area contributed by atoms with Gasteiger partial charge in [0.05, 0.1) is 38.1 Å². The van der Waals surface area contributed by atoms with E-state index in [0.717, 1.165) is 18.6 Å². The van der Waals surface area contributed by atoms with Gasteiger partial charge in [-0.2, -0.15) is 0 Å². The maximum atomic E-state index is 12.7.